The average molecular weight is 375 g/mol. The van der Waals surface area contributed by atoms with E-state index < -0.39 is 5.92 Å². The molecule has 0 bridgehead atoms. The third-order valence-corrected chi connectivity index (χ3v) is 4.83. The van der Waals surface area contributed by atoms with Crippen LogP contribution in [0.5, 0.6) is 5.75 Å². The Hall–Kier alpha value is -3.41. The van der Waals surface area contributed by atoms with Gasteiger partial charge in [0.05, 0.1) is 23.7 Å². The standard InChI is InChI=1S/C22H21N3O3/c1-2-28-18-10-8-17(9-11-18)24-22(27)16-13-20(26)25(14-16)19-7-3-5-15-6-4-12-23-21(15)19/h3-12,16H,2,13-14H2,1H3,(H,24,27). The topological polar surface area (TPSA) is 71.5 Å². The number of hydrogen-bond donors (Lipinski definition) is 1. The Labute approximate surface area is 163 Å². The molecule has 4 rings (SSSR count). The number of ether oxygens (including phenoxy) is 1. The summed E-state index contributed by atoms with van der Waals surface area (Å²) in [7, 11) is 0. The Bertz CT molecular complexity index is 1010. The quantitative estimate of drug-likeness (QED) is 0.739. The van der Waals surface area contributed by atoms with Crippen molar-refractivity contribution in [3.63, 3.8) is 0 Å². The van der Waals surface area contributed by atoms with Crippen molar-refractivity contribution in [2.45, 2.75) is 13.3 Å². The van der Waals surface area contributed by atoms with Gasteiger partial charge in [-0.05, 0) is 43.3 Å². The molecular formula is C22H21N3O3. The van der Waals surface area contributed by atoms with Gasteiger partial charge in [0.2, 0.25) is 11.8 Å². The van der Waals surface area contributed by atoms with Gasteiger partial charge in [0.25, 0.3) is 0 Å². The molecule has 6 nitrogen and oxygen atoms in total. The Kier molecular flexibility index (Phi) is 4.93. The van der Waals surface area contributed by atoms with Gasteiger partial charge in [0, 0.05) is 30.2 Å². The molecule has 142 valence electrons. The second kappa shape index (κ2) is 7.68. The Morgan fingerprint density at radius 1 is 1.18 bits per heavy atom. The van der Waals surface area contributed by atoms with Crippen LogP contribution < -0.4 is 15.0 Å². The third kappa shape index (κ3) is 3.53. The highest BCUT2D eigenvalue weighted by Gasteiger charge is 2.36. The van der Waals surface area contributed by atoms with Gasteiger partial charge in [-0.25, -0.2) is 0 Å². The molecule has 1 aromatic heterocycles. The molecule has 1 aliphatic heterocycles. The minimum absolute atomic E-state index is 0.0648. The van der Waals surface area contributed by atoms with Crippen LogP contribution in [0.25, 0.3) is 10.9 Å². The van der Waals surface area contributed by atoms with Crippen LogP contribution >= 0.6 is 0 Å². The summed E-state index contributed by atoms with van der Waals surface area (Å²) in [6, 6.07) is 16.8. The molecule has 0 aliphatic carbocycles. The maximum atomic E-state index is 12.7. The molecule has 0 radical (unpaired) electrons. The molecule has 0 spiro atoms. The number of fused-ring (bicyclic) bond motifs is 1. The molecule has 6 heteroatoms. The summed E-state index contributed by atoms with van der Waals surface area (Å²) < 4.78 is 5.41. The molecule has 2 heterocycles. The molecule has 1 unspecified atom stereocenters. The lowest BCUT2D eigenvalue weighted by atomic mass is 10.1. The molecule has 1 fully saturated rings. The first kappa shape index (κ1) is 18.0. The van der Waals surface area contributed by atoms with E-state index >= 15 is 0 Å². The van der Waals surface area contributed by atoms with E-state index in [1.165, 1.54) is 0 Å². The maximum absolute atomic E-state index is 12.7. The van der Waals surface area contributed by atoms with Crippen molar-refractivity contribution in [1.29, 1.82) is 0 Å². The molecule has 3 aromatic rings. The van der Waals surface area contributed by atoms with Crippen molar-refractivity contribution < 1.29 is 14.3 Å². The number of para-hydroxylation sites is 1. The van der Waals surface area contributed by atoms with Gasteiger partial charge in [0.15, 0.2) is 0 Å². The van der Waals surface area contributed by atoms with Crippen LogP contribution in [0, 0.1) is 5.92 Å². The van der Waals surface area contributed by atoms with E-state index in [1.807, 2.05) is 49.4 Å². The SMILES string of the molecule is CCOc1ccc(NC(=O)C2CC(=O)N(c3cccc4cccnc34)C2)cc1. The van der Waals surface area contributed by atoms with E-state index in [0.29, 0.717) is 18.8 Å². The zero-order valence-electron chi connectivity index (χ0n) is 15.6. The molecule has 28 heavy (non-hydrogen) atoms. The summed E-state index contributed by atoms with van der Waals surface area (Å²) in [4.78, 5) is 31.4. The van der Waals surface area contributed by atoms with Crippen molar-refractivity contribution in [1.82, 2.24) is 4.98 Å². The van der Waals surface area contributed by atoms with Crippen LogP contribution in [0.1, 0.15) is 13.3 Å². The van der Waals surface area contributed by atoms with Crippen molar-refractivity contribution in [3.05, 3.63) is 60.8 Å². The Morgan fingerprint density at radius 2 is 1.96 bits per heavy atom. The van der Waals surface area contributed by atoms with Gasteiger partial charge in [-0.3, -0.25) is 14.6 Å². The largest absolute Gasteiger partial charge is 0.494 e. The lowest BCUT2D eigenvalue weighted by Crippen LogP contribution is -2.28. The number of nitrogens with one attached hydrogen (secondary N) is 1. The van der Waals surface area contributed by atoms with E-state index in [-0.39, 0.29) is 18.2 Å². The second-order valence-corrected chi connectivity index (χ2v) is 6.70. The average Bonchev–Trinajstić information content (AvgIpc) is 3.11. The van der Waals surface area contributed by atoms with Gasteiger partial charge < -0.3 is 15.0 Å². The Morgan fingerprint density at radius 3 is 2.75 bits per heavy atom. The lowest BCUT2D eigenvalue weighted by Gasteiger charge is -2.18. The highest BCUT2D eigenvalue weighted by molar-refractivity contribution is 6.07. The van der Waals surface area contributed by atoms with Gasteiger partial charge in [0.1, 0.15) is 5.75 Å². The van der Waals surface area contributed by atoms with Crippen LogP contribution in [0.4, 0.5) is 11.4 Å². The predicted octanol–water partition coefficient (Wildman–Crippen LogP) is 3.63. The summed E-state index contributed by atoms with van der Waals surface area (Å²) in [5.41, 5.74) is 2.21. The summed E-state index contributed by atoms with van der Waals surface area (Å²) >= 11 is 0. The number of aromatic nitrogens is 1. The molecule has 1 saturated heterocycles. The number of hydrogen-bond acceptors (Lipinski definition) is 4. The van der Waals surface area contributed by atoms with E-state index in [1.54, 1.807) is 23.2 Å². The third-order valence-electron chi connectivity index (χ3n) is 4.83. The molecule has 1 aliphatic rings. The fraction of sp³-hybridized carbons (Fsp3) is 0.227. The first-order valence-electron chi connectivity index (χ1n) is 9.33. The smallest absolute Gasteiger partial charge is 0.229 e. The number of carbonyl (C=O) groups excluding carboxylic acids is 2. The van der Waals surface area contributed by atoms with Crippen LogP contribution in [0.3, 0.4) is 0 Å². The molecule has 1 atom stereocenters. The van der Waals surface area contributed by atoms with E-state index in [9.17, 15) is 9.59 Å². The monoisotopic (exact) mass is 375 g/mol. The lowest BCUT2D eigenvalue weighted by molar-refractivity contribution is -0.122. The summed E-state index contributed by atoms with van der Waals surface area (Å²) in [6.07, 6.45) is 1.90. The molecular weight excluding hydrogens is 354 g/mol. The predicted molar refractivity (Wildman–Crippen MR) is 108 cm³/mol. The number of nitrogens with zero attached hydrogens (tertiary/aromatic N) is 2. The fourth-order valence-corrected chi connectivity index (χ4v) is 3.47. The highest BCUT2D eigenvalue weighted by atomic mass is 16.5. The van der Waals surface area contributed by atoms with Gasteiger partial charge >= 0.3 is 0 Å². The van der Waals surface area contributed by atoms with E-state index in [4.69, 9.17) is 4.74 Å². The molecule has 0 saturated carbocycles. The van der Waals surface area contributed by atoms with Crippen molar-refractivity contribution in [3.8, 4) is 5.75 Å². The minimum atomic E-state index is -0.405. The van der Waals surface area contributed by atoms with Crippen LogP contribution in [0.2, 0.25) is 0 Å². The van der Waals surface area contributed by atoms with Crippen molar-refractivity contribution in [2.75, 3.05) is 23.4 Å². The summed E-state index contributed by atoms with van der Waals surface area (Å²) in [5, 5.41) is 3.86. The molecule has 2 aromatic carbocycles. The fourth-order valence-electron chi connectivity index (χ4n) is 3.47. The van der Waals surface area contributed by atoms with Crippen molar-refractivity contribution in [2.24, 2.45) is 5.92 Å². The highest BCUT2D eigenvalue weighted by Crippen LogP contribution is 2.31. The van der Waals surface area contributed by atoms with Gasteiger partial charge in [-0.15, -0.1) is 0 Å². The van der Waals surface area contributed by atoms with Crippen LogP contribution in [0.15, 0.2) is 60.8 Å². The zero-order valence-corrected chi connectivity index (χ0v) is 15.6. The van der Waals surface area contributed by atoms with Crippen molar-refractivity contribution >= 4 is 34.1 Å². The van der Waals surface area contributed by atoms with Gasteiger partial charge in [-0.1, -0.05) is 18.2 Å². The zero-order chi connectivity index (χ0) is 19.5. The number of carbonyl (C=O) groups is 2. The summed E-state index contributed by atoms with van der Waals surface area (Å²) in [6.45, 7) is 2.86. The van der Waals surface area contributed by atoms with E-state index in [0.717, 1.165) is 22.3 Å². The normalized spacial score (nSPS) is 16.4. The molecule has 2 amide bonds. The minimum Gasteiger partial charge on any atom is -0.494 e. The maximum Gasteiger partial charge on any atom is 0.229 e. The first-order valence-corrected chi connectivity index (χ1v) is 9.33. The van der Waals surface area contributed by atoms with Crippen LogP contribution in [-0.2, 0) is 9.59 Å². The number of amides is 2. The number of benzene rings is 2. The Balaban J connectivity index is 1.49. The first-order chi connectivity index (χ1) is 13.7. The second-order valence-electron chi connectivity index (χ2n) is 6.70. The number of rotatable bonds is 5. The number of pyridine rings is 1. The summed E-state index contributed by atoms with van der Waals surface area (Å²) in [5.74, 6) is 0.127. The van der Waals surface area contributed by atoms with Crippen LogP contribution in [-0.4, -0.2) is 29.9 Å². The van der Waals surface area contributed by atoms with Gasteiger partial charge in [-0.2, -0.15) is 0 Å². The van der Waals surface area contributed by atoms with E-state index in [2.05, 4.69) is 10.3 Å². The number of anilines is 2. The molecule has 1 N–H and O–H groups in total.